The summed E-state index contributed by atoms with van der Waals surface area (Å²) in [7, 11) is 0. The van der Waals surface area contributed by atoms with Gasteiger partial charge in [0.2, 0.25) is 0 Å². The fourth-order valence-electron chi connectivity index (χ4n) is 2.04. The number of aliphatic hydroxyl groups is 1. The van der Waals surface area contributed by atoms with Gasteiger partial charge in [0.15, 0.2) is 0 Å². The Labute approximate surface area is 117 Å². The van der Waals surface area contributed by atoms with E-state index < -0.39 is 0 Å². The molecule has 0 aliphatic heterocycles. The second kappa shape index (κ2) is 9.62. The summed E-state index contributed by atoms with van der Waals surface area (Å²) < 4.78 is 5.71. The van der Waals surface area contributed by atoms with Crippen molar-refractivity contribution >= 4 is 0 Å². The molecule has 1 aromatic carbocycles. The number of ether oxygens (including phenoxy) is 1. The van der Waals surface area contributed by atoms with Gasteiger partial charge in [0.1, 0.15) is 12.4 Å². The number of benzene rings is 1. The van der Waals surface area contributed by atoms with E-state index in [9.17, 15) is 5.11 Å². The number of hydrogen-bond donors (Lipinski definition) is 1. The third-order valence-electron chi connectivity index (χ3n) is 3.16. The standard InChI is InChI=1S/C17H26O2/c1-3-5-6-7-12-16(18)14-19-17-13-9-8-11-15(17)10-4-2/h4,8-9,11,13,16,18H,2-3,5-7,10,12,14H2,1H3. The fourth-order valence-corrected chi connectivity index (χ4v) is 2.04. The number of aliphatic hydroxyl groups excluding tert-OH is 1. The van der Waals surface area contributed by atoms with Crippen LogP contribution in [0.5, 0.6) is 5.75 Å². The van der Waals surface area contributed by atoms with E-state index in [-0.39, 0.29) is 6.10 Å². The molecule has 19 heavy (non-hydrogen) atoms. The minimum absolute atomic E-state index is 0.367. The summed E-state index contributed by atoms with van der Waals surface area (Å²) in [5.41, 5.74) is 1.12. The average molecular weight is 262 g/mol. The normalized spacial score (nSPS) is 12.1. The molecule has 0 bridgehead atoms. The summed E-state index contributed by atoms with van der Waals surface area (Å²) >= 11 is 0. The molecule has 2 heteroatoms. The predicted molar refractivity (Wildman–Crippen MR) is 80.6 cm³/mol. The quantitative estimate of drug-likeness (QED) is 0.507. The van der Waals surface area contributed by atoms with Crippen LogP contribution in [0.2, 0.25) is 0 Å². The number of rotatable bonds is 10. The van der Waals surface area contributed by atoms with Gasteiger partial charge in [-0.25, -0.2) is 0 Å². The summed E-state index contributed by atoms with van der Waals surface area (Å²) in [6.45, 7) is 6.31. The Hall–Kier alpha value is -1.28. The summed E-state index contributed by atoms with van der Waals surface area (Å²) in [6, 6.07) is 7.93. The van der Waals surface area contributed by atoms with E-state index in [1.54, 1.807) is 0 Å². The highest BCUT2D eigenvalue weighted by Crippen LogP contribution is 2.19. The minimum Gasteiger partial charge on any atom is -0.491 e. The van der Waals surface area contributed by atoms with Gasteiger partial charge in [0.05, 0.1) is 6.10 Å². The number of hydrogen-bond acceptors (Lipinski definition) is 2. The molecule has 2 nitrogen and oxygen atoms in total. The molecule has 0 amide bonds. The van der Waals surface area contributed by atoms with Gasteiger partial charge in [-0.05, 0) is 24.5 Å². The third-order valence-corrected chi connectivity index (χ3v) is 3.16. The van der Waals surface area contributed by atoms with Crippen molar-refractivity contribution in [2.75, 3.05) is 6.61 Å². The molecule has 1 unspecified atom stereocenters. The molecule has 1 atom stereocenters. The first kappa shape index (κ1) is 15.8. The van der Waals surface area contributed by atoms with E-state index in [0.717, 1.165) is 30.6 Å². The zero-order valence-corrected chi connectivity index (χ0v) is 12.0. The lowest BCUT2D eigenvalue weighted by Crippen LogP contribution is -2.17. The lowest BCUT2D eigenvalue weighted by atomic mass is 10.1. The molecule has 0 aliphatic carbocycles. The Bertz CT molecular complexity index is 360. The van der Waals surface area contributed by atoms with Crippen molar-refractivity contribution < 1.29 is 9.84 Å². The first-order valence-electron chi connectivity index (χ1n) is 7.27. The zero-order valence-electron chi connectivity index (χ0n) is 12.0. The van der Waals surface area contributed by atoms with E-state index in [0.29, 0.717) is 6.61 Å². The molecule has 1 rings (SSSR count). The van der Waals surface area contributed by atoms with Crippen LogP contribution in [0.4, 0.5) is 0 Å². The van der Waals surface area contributed by atoms with Crippen LogP contribution in [0.15, 0.2) is 36.9 Å². The molecule has 106 valence electrons. The van der Waals surface area contributed by atoms with Crippen LogP contribution in [0.25, 0.3) is 0 Å². The van der Waals surface area contributed by atoms with E-state index in [2.05, 4.69) is 13.5 Å². The highest BCUT2D eigenvalue weighted by Gasteiger charge is 2.07. The predicted octanol–water partition coefficient (Wildman–Crippen LogP) is 4.13. The topological polar surface area (TPSA) is 29.5 Å². The van der Waals surface area contributed by atoms with Crippen LogP contribution in [0.1, 0.15) is 44.6 Å². The average Bonchev–Trinajstić information content (AvgIpc) is 2.43. The van der Waals surface area contributed by atoms with Gasteiger partial charge in [0, 0.05) is 0 Å². The molecule has 0 fully saturated rings. The molecule has 0 aliphatic rings. The highest BCUT2D eigenvalue weighted by molar-refractivity contribution is 5.34. The summed E-state index contributed by atoms with van der Waals surface area (Å²) in [6.07, 6.45) is 7.86. The maximum absolute atomic E-state index is 9.89. The third kappa shape index (κ3) is 6.44. The molecule has 0 spiro atoms. The van der Waals surface area contributed by atoms with Crippen LogP contribution in [-0.2, 0) is 6.42 Å². The lowest BCUT2D eigenvalue weighted by Gasteiger charge is -2.14. The van der Waals surface area contributed by atoms with Gasteiger partial charge in [-0.15, -0.1) is 6.58 Å². The van der Waals surface area contributed by atoms with Gasteiger partial charge in [0.25, 0.3) is 0 Å². The van der Waals surface area contributed by atoms with Crippen molar-refractivity contribution in [2.24, 2.45) is 0 Å². The van der Waals surface area contributed by atoms with Crippen LogP contribution in [0.3, 0.4) is 0 Å². The fraction of sp³-hybridized carbons (Fsp3) is 0.529. The molecular weight excluding hydrogens is 236 g/mol. The van der Waals surface area contributed by atoms with Crippen LogP contribution < -0.4 is 4.74 Å². The molecule has 0 saturated carbocycles. The molecule has 1 N–H and O–H groups in total. The second-order valence-corrected chi connectivity index (χ2v) is 4.91. The van der Waals surface area contributed by atoms with Crippen molar-refractivity contribution in [1.82, 2.24) is 0 Å². The maximum atomic E-state index is 9.89. The molecule has 0 aromatic heterocycles. The van der Waals surface area contributed by atoms with Crippen molar-refractivity contribution in [3.63, 3.8) is 0 Å². The summed E-state index contributed by atoms with van der Waals surface area (Å²) in [5.74, 6) is 0.856. The number of allylic oxidation sites excluding steroid dienone is 1. The summed E-state index contributed by atoms with van der Waals surface area (Å²) in [5, 5.41) is 9.89. The largest absolute Gasteiger partial charge is 0.491 e. The van der Waals surface area contributed by atoms with Crippen molar-refractivity contribution in [1.29, 1.82) is 0 Å². The van der Waals surface area contributed by atoms with E-state index in [4.69, 9.17) is 4.74 Å². The van der Waals surface area contributed by atoms with Gasteiger partial charge in [-0.3, -0.25) is 0 Å². The maximum Gasteiger partial charge on any atom is 0.122 e. The molecular formula is C17H26O2. The minimum atomic E-state index is -0.367. The van der Waals surface area contributed by atoms with Crippen molar-refractivity contribution in [2.45, 2.75) is 51.6 Å². The Balaban J connectivity index is 2.33. The monoisotopic (exact) mass is 262 g/mol. The smallest absolute Gasteiger partial charge is 0.122 e. The number of para-hydroxylation sites is 1. The first-order chi connectivity index (χ1) is 9.27. The first-order valence-corrected chi connectivity index (χ1v) is 7.27. The van der Waals surface area contributed by atoms with E-state index >= 15 is 0 Å². The van der Waals surface area contributed by atoms with Crippen molar-refractivity contribution in [3.8, 4) is 5.75 Å². The Morgan fingerprint density at radius 1 is 1.26 bits per heavy atom. The van der Waals surface area contributed by atoms with Gasteiger partial charge >= 0.3 is 0 Å². The lowest BCUT2D eigenvalue weighted by molar-refractivity contribution is 0.0971. The molecule has 0 saturated heterocycles. The molecule has 1 aromatic rings. The molecule has 0 radical (unpaired) electrons. The Morgan fingerprint density at radius 2 is 2.05 bits per heavy atom. The zero-order chi connectivity index (χ0) is 13.9. The van der Waals surface area contributed by atoms with E-state index in [1.807, 2.05) is 30.3 Å². The van der Waals surface area contributed by atoms with Crippen LogP contribution in [0, 0.1) is 0 Å². The molecule has 0 heterocycles. The highest BCUT2D eigenvalue weighted by atomic mass is 16.5. The van der Waals surface area contributed by atoms with Gasteiger partial charge in [-0.2, -0.15) is 0 Å². The SMILES string of the molecule is C=CCc1ccccc1OCC(O)CCCCCC. The van der Waals surface area contributed by atoms with Gasteiger partial charge < -0.3 is 9.84 Å². The summed E-state index contributed by atoms with van der Waals surface area (Å²) in [4.78, 5) is 0. The second-order valence-electron chi connectivity index (χ2n) is 4.91. The van der Waals surface area contributed by atoms with Crippen LogP contribution in [-0.4, -0.2) is 17.8 Å². The number of unbranched alkanes of at least 4 members (excludes halogenated alkanes) is 3. The Kier molecular flexibility index (Phi) is 7.99. The van der Waals surface area contributed by atoms with Crippen LogP contribution >= 0.6 is 0 Å². The van der Waals surface area contributed by atoms with Gasteiger partial charge in [-0.1, -0.05) is 56.9 Å². The van der Waals surface area contributed by atoms with E-state index in [1.165, 1.54) is 19.3 Å². The van der Waals surface area contributed by atoms with Crippen molar-refractivity contribution in [3.05, 3.63) is 42.5 Å². The Morgan fingerprint density at radius 3 is 2.79 bits per heavy atom.